The van der Waals surface area contributed by atoms with Crippen molar-refractivity contribution in [3.05, 3.63) is 54.7 Å². The number of hydrogen-bond donors (Lipinski definition) is 0. The molecule has 0 fully saturated rings. The van der Waals surface area contributed by atoms with E-state index in [9.17, 15) is 9.59 Å². The lowest BCUT2D eigenvalue weighted by Gasteiger charge is -2.12. The molecule has 0 unspecified atom stereocenters. The number of thiazole rings is 1. The summed E-state index contributed by atoms with van der Waals surface area (Å²) in [6.45, 7) is 0.379. The number of halogens is 1. The highest BCUT2D eigenvalue weighted by Gasteiger charge is 2.17. The Labute approximate surface area is 126 Å². The van der Waals surface area contributed by atoms with Crippen molar-refractivity contribution in [2.75, 3.05) is 0 Å². The van der Waals surface area contributed by atoms with E-state index in [-0.39, 0.29) is 11.4 Å². The number of hydrogen-bond acceptors (Lipinski definition) is 6. The summed E-state index contributed by atoms with van der Waals surface area (Å²) < 4.78 is 2.48. The SMILES string of the molecule is N#Cn1c(=O)nc2n(Cc3cnc(Cl)s3)cccc-2c1=O. The van der Waals surface area contributed by atoms with Crippen LogP contribution < -0.4 is 11.2 Å². The molecule has 0 saturated carbocycles. The molecule has 21 heavy (non-hydrogen) atoms. The second kappa shape index (κ2) is 5.12. The van der Waals surface area contributed by atoms with E-state index in [1.807, 2.05) is 0 Å². The molecule has 0 amide bonds. The Bertz CT molecular complexity index is 951. The Kier molecular flexibility index (Phi) is 3.29. The zero-order valence-corrected chi connectivity index (χ0v) is 11.9. The molecule has 0 bridgehead atoms. The molecule has 7 nitrogen and oxygen atoms in total. The minimum absolute atomic E-state index is 0.203. The van der Waals surface area contributed by atoms with Crippen molar-refractivity contribution in [3.63, 3.8) is 0 Å². The fraction of sp³-hybridized carbons (Fsp3) is 0.0833. The summed E-state index contributed by atoms with van der Waals surface area (Å²) in [5.41, 5.74) is -1.37. The molecule has 0 aromatic carbocycles. The number of nitriles is 1. The van der Waals surface area contributed by atoms with E-state index in [4.69, 9.17) is 16.9 Å². The van der Waals surface area contributed by atoms with Gasteiger partial charge in [-0.15, -0.1) is 11.3 Å². The van der Waals surface area contributed by atoms with Gasteiger partial charge in [0, 0.05) is 17.3 Å². The van der Waals surface area contributed by atoms with Gasteiger partial charge in [-0.3, -0.25) is 4.79 Å². The molecule has 104 valence electrons. The van der Waals surface area contributed by atoms with Gasteiger partial charge in [0.25, 0.3) is 5.56 Å². The van der Waals surface area contributed by atoms with Gasteiger partial charge in [0.15, 0.2) is 16.5 Å². The third-order valence-electron chi connectivity index (χ3n) is 2.82. The molecule has 3 rings (SSSR count). The van der Waals surface area contributed by atoms with Gasteiger partial charge in [-0.2, -0.15) is 14.8 Å². The minimum atomic E-state index is -0.891. The lowest BCUT2D eigenvalue weighted by Crippen LogP contribution is -2.35. The van der Waals surface area contributed by atoms with Crippen LogP contribution in [-0.4, -0.2) is 19.1 Å². The number of aromatic nitrogens is 4. The number of pyridine rings is 1. The second-order valence-corrected chi connectivity index (χ2v) is 5.79. The molecule has 0 atom stereocenters. The third-order valence-corrected chi connectivity index (χ3v) is 3.92. The molecule has 0 radical (unpaired) electrons. The maximum absolute atomic E-state index is 12.0. The minimum Gasteiger partial charge on any atom is -0.327 e. The van der Waals surface area contributed by atoms with E-state index >= 15 is 0 Å². The second-order valence-electron chi connectivity index (χ2n) is 4.09. The lowest BCUT2D eigenvalue weighted by molar-refractivity contribution is 0.761. The van der Waals surface area contributed by atoms with Crippen LogP contribution in [0.1, 0.15) is 4.88 Å². The maximum atomic E-state index is 12.0. The molecule has 1 aromatic heterocycles. The first-order valence-electron chi connectivity index (χ1n) is 5.72. The van der Waals surface area contributed by atoms with E-state index in [2.05, 4.69) is 9.97 Å². The molecule has 0 aliphatic carbocycles. The van der Waals surface area contributed by atoms with Crippen molar-refractivity contribution in [2.24, 2.45) is 0 Å². The standard InChI is InChI=1S/C12H6ClN5O2S/c13-11-15-4-7(21-11)5-17-3-1-2-8-9(17)16-12(20)18(6-14)10(8)19/h1-4H,5H2. The van der Waals surface area contributed by atoms with E-state index < -0.39 is 11.2 Å². The summed E-state index contributed by atoms with van der Waals surface area (Å²) in [5.74, 6) is 0.225. The van der Waals surface area contributed by atoms with Crippen LogP contribution in [0.25, 0.3) is 11.4 Å². The Morgan fingerprint density at radius 1 is 1.43 bits per heavy atom. The molecule has 1 aromatic rings. The molecule has 2 aliphatic heterocycles. The molecular formula is C12H6ClN5O2S. The van der Waals surface area contributed by atoms with Crippen molar-refractivity contribution in [3.8, 4) is 17.6 Å². The van der Waals surface area contributed by atoms with Crippen LogP contribution in [0.3, 0.4) is 0 Å². The average molecular weight is 320 g/mol. The molecule has 0 spiro atoms. The fourth-order valence-electron chi connectivity index (χ4n) is 1.92. The molecule has 0 N–H and O–H groups in total. The molecule has 2 aliphatic rings. The molecule has 3 heterocycles. The highest BCUT2D eigenvalue weighted by atomic mass is 35.5. The van der Waals surface area contributed by atoms with Crippen molar-refractivity contribution in [1.82, 2.24) is 19.1 Å². The Morgan fingerprint density at radius 2 is 2.24 bits per heavy atom. The predicted molar refractivity (Wildman–Crippen MR) is 76.6 cm³/mol. The van der Waals surface area contributed by atoms with Crippen LogP contribution in [0.4, 0.5) is 0 Å². The van der Waals surface area contributed by atoms with Gasteiger partial charge in [0.1, 0.15) is 0 Å². The van der Waals surface area contributed by atoms with Gasteiger partial charge in [-0.1, -0.05) is 11.6 Å². The molecular weight excluding hydrogens is 314 g/mol. The lowest BCUT2D eigenvalue weighted by atomic mass is 10.2. The fourth-order valence-corrected chi connectivity index (χ4v) is 2.90. The summed E-state index contributed by atoms with van der Waals surface area (Å²) in [4.78, 5) is 32.3. The maximum Gasteiger partial charge on any atom is 0.366 e. The summed E-state index contributed by atoms with van der Waals surface area (Å²) in [5, 5.41) is 8.81. The van der Waals surface area contributed by atoms with Crippen molar-refractivity contribution < 1.29 is 0 Å². The summed E-state index contributed by atoms with van der Waals surface area (Å²) >= 11 is 7.08. The van der Waals surface area contributed by atoms with Crippen LogP contribution in [0.2, 0.25) is 4.47 Å². The van der Waals surface area contributed by atoms with Crippen molar-refractivity contribution >= 4 is 22.9 Å². The van der Waals surface area contributed by atoms with Crippen LogP contribution in [0, 0.1) is 11.5 Å². The summed E-state index contributed by atoms with van der Waals surface area (Å²) in [6, 6.07) is 3.17. The summed E-state index contributed by atoms with van der Waals surface area (Å²) in [6.07, 6.45) is 4.83. The van der Waals surface area contributed by atoms with Crippen molar-refractivity contribution in [1.29, 1.82) is 5.26 Å². The highest BCUT2D eigenvalue weighted by Crippen LogP contribution is 2.21. The van der Waals surface area contributed by atoms with Gasteiger partial charge in [-0.05, 0) is 12.1 Å². The zero-order valence-electron chi connectivity index (χ0n) is 10.4. The zero-order chi connectivity index (χ0) is 15.0. The summed E-state index contributed by atoms with van der Waals surface area (Å²) in [7, 11) is 0. The van der Waals surface area contributed by atoms with Crippen LogP contribution in [0.5, 0.6) is 0 Å². The van der Waals surface area contributed by atoms with E-state index in [1.54, 1.807) is 23.0 Å². The molecule has 9 heteroatoms. The van der Waals surface area contributed by atoms with Gasteiger partial charge in [-0.25, -0.2) is 9.78 Å². The van der Waals surface area contributed by atoms with Crippen LogP contribution in [0.15, 0.2) is 34.1 Å². The number of fused-ring (bicyclic) bond motifs is 1. The van der Waals surface area contributed by atoms with Gasteiger partial charge >= 0.3 is 5.69 Å². The van der Waals surface area contributed by atoms with Gasteiger partial charge in [0.2, 0.25) is 0 Å². The van der Waals surface area contributed by atoms with Gasteiger partial charge in [0.05, 0.1) is 12.1 Å². The molecule has 0 saturated heterocycles. The van der Waals surface area contributed by atoms with E-state index in [1.165, 1.54) is 23.6 Å². The Hall–Kier alpha value is -2.50. The first-order valence-corrected chi connectivity index (χ1v) is 6.92. The topological polar surface area (TPSA) is 93.6 Å². The number of nitrogens with zero attached hydrogens (tertiary/aromatic N) is 5. The normalized spacial score (nSPS) is 10.7. The van der Waals surface area contributed by atoms with Crippen molar-refractivity contribution in [2.45, 2.75) is 6.54 Å². The highest BCUT2D eigenvalue weighted by molar-refractivity contribution is 7.15. The third kappa shape index (κ3) is 2.33. The van der Waals surface area contributed by atoms with Crippen LogP contribution >= 0.6 is 22.9 Å². The quantitative estimate of drug-likeness (QED) is 0.702. The monoisotopic (exact) mass is 319 g/mol. The van der Waals surface area contributed by atoms with E-state index in [0.29, 0.717) is 15.6 Å². The first kappa shape index (κ1) is 13.5. The van der Waals surface area contributed by atoms with Gasteiger partial charge < -0.3 is 4.57 Å². The first-order chi connectivity index (χ1) is 10.1. The Morgan fingerprint density at radius 3 is 2.90 bits per heavy atom. The Balaban J connectivity index is 2.19. The largest absolute Gasteiger partial charge is 0.366 e. The smallest absolute Gasteiger partial charge is 0.327 e. The number of rotatable bonds is 2. The predicted octanol–water partition coefficient (Wildman–Crippen LogP) is 0.997. The van der Waals surface area contributed by atoms with Crippen LogP contribution in [-0.2, 0) is 6.54 Å². The van der Waals surface area contributed by atoms with E-state index in [0.717, 1.165) is 4.88 Å². The average Bonchev–Trinajstić information content (AvgIpc) is 2.86.